The van der Waals surface area contributed by atoms with Gasteiger partial charge < -0.3 is 30.3 Å². The van der Waals surface area contributed by atoms with E-state index < -0.39 is 15.8 Å². The second-order valence-electron chi connectivity index (χ2n) is 13.5. The third-order valence-corrected chi connectivity index (χ3v) is 16.7. The fourth-order valence-electron chi connectivity index (χ4n) is 6.61. The minimum atomic E-state index is -0.773. The van der Waals surface area contributed by atoms with Crippen LogP contribution in [0.25, 0.3) is 0 Å². The monoisotopic (exact) mass is 722 g/mol. The van der Waals surface area contributed by atoms with Gasteiger partial charge in [-0.3, -0.25) is 0 Å². The average molecular weight is 723 g/mol. The summed E-state index contributed by atoms with van der Waals surface area (Å²) in [6, 6.07) is 36.3. The Morgan fingerprint density at radius 3 is 1.04 bits per heavy atom. The molecule has 0 N–H and O–H groups in total. The van der Waals surface area contributed by atoms with Crippen molar-refractivity contribution in [3.63, 3.8) is 0 Å². The van der Waals surface area contributed by atoms with E-state index >= 15 is 0 Å². The Labute approximate surface area is 310 Å². The average Bonchev–Trinajstić information content (AvgIpc) is 3.81. The molecule has 0 aliphatic rings. The van der Waals surface area contributed by atoms with Crippen LogP contribution in [-0.4, -0.2) is 0 Å². The predicted octanol–water partition coefficient (Wildman–Crippen LogP) is 10.0. The summed E-state index contributed by atoms with van der Waals surface area (Å²) >= 11 is 0. The minimum absolute atomic E-state index is 0. The van der Waals surface area contributed by atoms with Crippen LogP contribution < -0.4 is 31.8 Å². The van der Waals surface area contributed by atoms with Crippen LogP contribution in [0.15, 0.2) is 97.1 Å². The van der Waals surface area contributed by atoms with Crippen LogP contribution in [0.5, 0.6) is 0 Å². The molecule has 260 valence electrons. The first-order valence-electron chi connectivity index (χ1n) is 17.1. The van der Waals surface area contributed by atoms with E-state index in [0.29, 0.717) is 0 Å². The first kappa shape index (κ1) is 38.8. The molecule has 49 heavy (non-hydrogen) atoms. The fourth-order valence-corrected chi connectivity index (χ4v) is 12.8. The molecule has 0 nitrogen and oxygen atoms in total. The molecule has 3 heteroatoms. The summed E-state index contributed by atoms with van der Waals surface area (Å²) in [6.07, 6.45) is 0. The molecule has 0 aromatic heterocycles. The molecule has 0 bridgehead atoms. The maximum atomic E-state index is 2.45. The van der Waals surface area contributed by atoms with Gasteiger partial charge in [-0.15, -0.1) is 10.6 Å². The van der Waals surface area contributed by atoms with Gasteiger partial charge in [0.15, 0.2) is 0 Å². The van der Waals surface area contributed by atoms with Crippen molar-refractivity contribution < 1.29 is 17.1 Å². The van der Waals surface area contributed by atoms with Crippen LogP contribution in [0.2, 0.25) is 0 Å². The Morgan fingerprint density at radius 2 is 0.694 bits per heavy atom. The van der Waals surface area contributed by atoms with Gasteiger partial charge in [-0.25, -0.2) is 12.1 Å². The maximum Gasteiger partial charge on any atom is 0 e. The van der Waals surface area contributed by atoms with E-state index in [-0.39, 0.29) is 17.1 Å². The van der Waals surface area contributed by atoms with Gasteiger partial charge in [0.05, 0.1) is 0 Å². The van der Waals surface area contributed by atoms with Crippen molar-refractivity contribution in [2.75, 3.05) is 0 Å². The van der Waals surface area contributed by atoms with E-state index in [0.717, 1.165) is 0 Å². The number of hydrogen-bond acceptors (Lipinski definition) is 0. The summed E-state index contributed by atoms with van der Waals surface area (Å²) in [5.41, 5.74) is 16.9. The number of aryl methyl sites for hydroxylation is 4. The van der Waals surface area contributed by atoms with Gasteiger partial charge in [-0.1, -0.05) is 56.5 Å². The molecule has 0 fully saturated rings. The van der Waals surface area contributed by atoms with Crippen LogP contribution in [0.1, 0.15) is 66.8 Å². The third kappa shape index (κ3) is 7.68. The summed E-state index contributed by atoms with van der Waals surface area (Å²) in [4.78, 5) is 0. The maximum absolute atomic E-state index is 2.45. The Hall–Kier alpha value is -3.04. The van der Waals surface area contributed by atoms with Crippen LogP contribution in [0, 0.1) is 83.1 Å². The molecule has 0 heterocycles. The fraction of sp³-hybridized carbons (Fsp3) is 0.261. The topological polar surface area (TPSA) is 0 Å². The molecule has 0 saturated carbocycles. The van der Waals surface area contributed by atoms with Gasteiger partial charge >= 0.3 is 0 Å². The molecular weight excluding hydrogens is 670 g/mol. The summed E-state index contributed by atoms with van der Waals surface area (Å²) in [6.45, 7) is 27.5. The van der Waals surface area contributed by atoms with Crippen molar-refractivity contribution >= 4 is 47.7 Å². The van der Waals surface area contributed by atoms with E-state index in [4.69, 9.17) is 0 Å². The zero-order chi connectivity index (χ0) is 34.9. The van der Waals surface area contributed by atoms with Crippen molar-refractivity contribution in [2.24, 2.45) is 0 Å². The summed E-state index contributed by atoms with van der Waals surface area (Å²) < 4.78 is 0. The van der Waals surface area contributed by atoms with E-state index in [1.807, 2.05) is 30.3 Å². The van der Waals surface area contributed by atoms with Crippen LogP contribution in [0.4, 0.5) is 0 Å². The van der Waals surface area contributed by atoms with E-state index in [2.05, 4.69) is 150 Å². The van der Waals surface area contributed by atoms with E-state index in [9.17, 15) is 0 Å². The van der Waals surface area contributed by atoms with Gasteiger partial charge in [0, 0.05) is 17.1 Å². The predicted molar refractivity (Wildman–Crippen MR) is 218 cm³/mol. The molecule has 6 rings (SSSR count). The smallest absolute Gasteiger partial charge is 0 e. The summed E-state index contributed by atoms with van der Waals surface area (Å²) in [5, 5.41) is 8.96. The van der Waals surface area contributed by atoms with Crippen molar-refractivity contribution in [1.82, 2.24) is 0 Å². The van der Waals surface area contributed by atoms with Crippen molar-refractivity contribution in [3.05, 3.63) is 164 Å². The molecule has 6 aromatic rings. The third-order valence-electron chi connectivity index (χ3n) is 10.9. The Morgan fingerprint density at radius 1 is 0.388 bits per heavy atom. The van der Waals surface area contributed by atoms with Gasteiger partial charge in [0.25, 0.3) is 0 Å². The summed E-state index contributed by atoms with van der Waals surface area (Å²) in [5.74, 6) is 0. The molecule has 0 atom stereocenters. The minimum Gasteiger partial charge on any atom is -0.748 e. The van der Waals surface area contributed by atoms with Crippen molar-refractivity contribution in [2.45, 2.75) is 83.1 Å². The Bertz CT molecular complexity index is 1790. The molecule has 0 aliphatic heterocycles. The largest absolute Gasteiger partial charge is 0.748 e. The van der Waals surface area contributed by atoms with Gasteiger partial charge in [-0.2, -0.15) is 6.07 Å². The molecule has 0 aliphatic carbocycles. The molecular formula is C46H52FeP2-6. The van der Waals surface area contributed by atoms with Crippen LogP contribution in [0.3, 0.4) is 0 Å². The Balaban J connectivity index is 0.000000826. The molecule has 0 unspecified atom stereocenters. The first-order chi connectivity index (χ1) is 22.8. The van der Waals surface area contributed by atoms with Crippen molar-refractivity contribution in [1.29, 1.82) is 0 Å². The van der Waals surface area contributed by atoms with Gasteiger partial charge in [-0.05, 0) is 179 Å². The number of hydrogen-bond donors (Lipinski definition) is 0. The quantitative estimate of drug-likeness (QED) is 0.0913. The molecule has 0 amide bonds. The second-order valence-corrected chi connectivity index (χ2v) is 17.8. The zero-order valence-corrected chi connectivity index (χ0v) is 34.4. The standard InChI is InChI=1S/C41H47P2.C5H5.Fe/c1-24-16-20-36(32(9)28(24)5)42(37-21-17-25(2)29(6)33(37)10)40-14-13-15-41(40)43(38-22-18-26(3)30(7)34(38)11)39-23-19-27(4)31(8)35(39)12;1-2-4-5-3-1;/h13-23H,1-12H3;1-5H;/q-1;-5;. The van der Waals surface area contributed by atoms with Crippen molar-refractivity contribution in [3.8, 4) is 0 Å². The molecule has 6 aromatic carbocycles. The zero-order valence-electron chi connectivity index (χ0n) is 31.5. The van der Waals surface area contributed by atoms with E-state index in [1.165, 1.54) is 98.6 Å². The molecule has 0 radical (unpaired) electrons. The summed E-state index contributed by atoms with van der Waals surface area (Å²) in [7, 11) is -1.55. The SMILES string of the molecule is Cc1ccc(P(c2ccc(C)c(C)c2C)c2ccc[c-]2P(c2ccc(C)c(C)c2C)c2ccc(C)c(C)c2C)c(C)c1C.[Fe].[cH-]1[cH-][cH-][cH-][cH-]1. The van der Waals surface area contributed by atoms with Gasteiger partial charge in [0.2, 0.25) is 0 Å². The van der Waals surface area contributed by atoms with Crippen LogP contribution >= 0.6 is 15.8 Å². The number of benzene rings is 4. The molecule has 0 spiro atoms. The Kier molecular flexibility index (Phi) is 12.9. The first-order valence-corrected chi connectivity index (χ1v) is 19.8. The second kappa shape index (κ2) is 16.3. The molecule has 0 saturated heterocycles. The normalized spacial score (nSPS) is 11.1. The van der Waals surface area contributed by atoms with Gasteiger partial charge in [0.1, 0.15) is 0 Å². The number of rotatable bonds is 6. The van der Waals surface area contributed by atoms with Crippen LogP contribution in [-0.2, 0) is 17.1 Å². The van der Waals surface area contributed by atoms with E-state index in [1.54, 1.807) is 0 Å².